The molecule has 4 heterocycles. The lowest BCUT2D eigenvalue weighted by atomic mass is 10.0. The summed E-state index contributed by atoms with van der Waals surface area (Å²) in [7, 11) is 0. The number of amides is 3. The van der Waals surface area contributed by atoms with E-state index >= 15 is 0 Å². The number of imide groups is 1. The standard InChI is InChI=1S/C22H29N5O3/c28-21-7-12-27(22(29)24-21)20-3-1-2-19-18(20)6-11-26(19)16-4-9-25(10-5-16)15-17-14-23-8-13-30-17/h1-3,6,11,16-17,23H,4-5,7-10,12-15H2,(H,24,28,29)/t17-/m1/s1. The Morgan fingerprint density at radius 1 is 1.10 bits per heavy atom. The zero-order valence-electron chi connectivity index (χ0n) is 17.2. The molecule has 1 aromatic carbocycles. The van der Waals surface area contributed by atoms with E-state index in [1.807, 2.05) is 12.1 Å². The van der Waals surface area contributed by atoms with Crippen molar-refractivity contribution < 1.29 is 14.3 Å². The highest BCUT2D eigenvalue weighted by molar-refractivity contribution is 6.09. The molecule has 0 unspecified atom stereocenters. The van der Waals surface area contributed by atoms with Gasteiger partial charge in [-0.2, -0.15) is 0 Å². The first-order valence-electron chi connectivity index (χ1n) is 10.9. The van der Waals surface area contributed by atoms with Crippen LogP contribution in [-0.2, 0) is 9.53 Å². The molecule has 160 valence electrons. The summed E-state index contributed by atoms with van der Waals surface area (Å²) in [6, 6.07) is 8.31. The largest absolute Gasteiger partial charge is 0.374 e. The molecule has 1 aromatic heterocycles. The monoisotopic (exact) mass is 411 g/mol. The van der Waals surface area contributed by atoms with Gasteiger partial charge in [-0.15, -0.1) is 0 Å². The van der Waals surface area contributed by atoms with Crippen LogP contribution in [0.2, 0.25) is 0 Å². The molecule has 2 aromatic rings. The molecule has 3 aliphatic rings. The fraction of sp³-hybridized carbons (Fsp3) is 0.545. The number of fused-ring (bicyclic) bond motifs is 1. The van der Waals surface area contributed by atoms with Gasteiger partial charge in [-0.05, 0) is 31.0 Å². The Balaban J connectivity index is 1.29. The average molecular weight is 412 g/mol. The first-order chi connectivity index (χ1) is 14.7. The van der Waals surface area contributed by atoms with E-state index in [1.54, 1.807) is 4.90 Å². The molecule has 0 radical (unpaired) electrons. The highest BCUT2D eigenvalue weighted by Crippen LogP contribution is 2.33. The van der Waals surface area contributed by atoms with Gasteiger partial charge in [0, 0.05) is 63.3 Å². The van der Waals surface area contributed by atoms with Gasteiger partial charge >= 0.3 is 6.03 Å². The normalized spacial score (nSPS) is 24.4. The van der Waals surface area contributed by atoms with Crippen molar-refractivity contribution in [1.29, 1.82) is 0 Å². The van der Waals surface area contributed by atoms with E-state index in [1.165, 1.54) is 0 Å². The molecule has 0 bridgehead atoms. The number of carbonyl (C=O) groups is 2. The minimum absolute atomic E-state index is 0.206. The van der Waals surface area contributed by atoms with E-state index < -0.39 is 0 Å². The second-order valence-electron chi connectivity index (χ2n) is 8.42. The van der Waals surface area contributed by atoms with Gasteiger partial charge in [-0.1, -0.05) is 6.07 Å². The fourth-order valence-electron chi connectivity index (χ4n) is 4.93. The van der Waals surface area contributed by atoms with Gasteiger partial charge in [0.05, 0.1) is 23.9 Å². The van der Waals surface area contributed by atoms with E-state index in [-0.39, 0.29) is 11.9 Å². The molecule has 0 spiro atoms. The number of aromatic nitrogens is 1. The van der Waals surface area contributed by atoms with Crippen molar-refractivity contribution >= 4 is 28.5 Å². The van der Waals surface area contributed by atoms with Crippen LogP contribution in [-0.4, -0.2) is 73.4 Å². The first kappa shape index (κ1) is 19.5. The number of likely N-dealkylation sites (tertiary alicyclic amines) is 1. The molecular weight excluding hydrogens is 382 g/mol. The predicted molar refractivity (Wildman–Crippen MR) is 115 cm³/mol. The zero-order valence-corrected chi connectivity index (χ0v) is 17.2. The third-order valence-electron chi connectivity index (χ3n) is 6.50. The van der Waals surface area contributed by atoms with Crippen molar-refractivity contribution in [2.45, 2.75) is 31.4 Å². The number of carbonyl (C=O) groups excluding carboxylic acids is 2. The van der Waals surface area contributed by atoms with Crippen LogP contribution in [0.5, 0.6) is 0 Å². The van der Waals surface area contributed by atoms with E-state index in [4.69, 9.17) is 4.74 Å². The second-order valence-corrected chi connectivity index (χ2v) is 8.42. The van der Waals surface area contributed by atoms with Crippen molar-refractivity contribution in [2.75, 3.05) is 50.8 Å². The molecule has 0 saturated carbocycles. The number of rotatable bonds is 4. The molecular formula is C22H29N5O3. The van der Waals surface area contributed by atoms with Gasteiger partial charge in [0.2, 0.25) is 5.91 Å². The molecule has 5 rings (SSSR count). The summed E-state index contributed by atoms with van der Waals surface area (Å²) >= 11 is 0. The third-order valence-corrected chi connectivity index (χ3v) is 6.50. The summed E-state index contributed by atoms with van der Waals surface area (Å²) in [6.45, 7) is 6.27. The second kappa shape index (κ2) is 8.37. The Hall–Kier alpha value is -2.42. The average Bonchev–Trinajstić information content (AvgIpc) is 3.20. The van der Waals surface area contributed by atoms with Gasteiger partial charge in [0.1, 0.15) is 0 Å². The molecule has 2 N–H and O–H groups in total. The Morgan fingerprint density at radius 2 is 1.97 bits per heavy atom. The molecule has 30 heavy (non-hydrogen) atoms. The number of benzene rings is 1. The Morgan fingerprint density at radius 3 is 2.73 bits per heavy atom. The number of nitrogens with zero attached hydrogens (tertiary/aromatic N) is 3. The van der Waals surface area contributed by atoms with Crippen LogP contribution in [0.25, 0.3) is 10.9 Å². The van der Waals surface area contributed by atoms with Gasteiger partial charge in [-0.3, -0.25) is 15.0 Å². The van der Waals surface area contributed by atoms with Crippen LogP contribution < -0.4 is 15.5 Å². The quantitative estimate of drug-likeness (QED) is 0.801. The highest BCUT2D eigenvalue weighted by Gasteiger charge is 2.28. The maximum absolute atomic E-state index is 12.3. The van der Waals surface area contributed by atoms with E-state index in [9.17, 15) is 9.59 Å². The van der Waals surface area contributed by atoms with Crippen molar-refractivity contribution in [3.63, 3.8) is 0 Å². The van der Waals surface area contributed by atoms with Gasteiger partial charge in [0.15, 0.2) is 0 Å². The number of hydrogen-bond acceptors (Lipinski definition) is 5. The number of hydrogen-bond donors (Lipinski definition) is 2. The van der Waals surface area contributed by atoms with E-state index in [0.717, 1.165) is 68.8 Å². The highest BCUT2D eigenvalue weighted by atomic mass is 16.5. The lowest BCUT2D eigenvalue weighted by molar-refractivity contribution is -0.120. The van der Waals surface area contributed by atoms with Crippen molar-refractivity contribution in [3.8, 4) is 0 Å². The Bertz CT molecular complexity index is 928. The topological polar surface area (TPSA) is 78.8 Å². The van der Waals surface area contributed by atoms with Crippen LogP contribution >= 0.6 is 0 Å². The summed E-state index contributed by atoms with van der Waals surface area (Å²) in [5.41, 5.74) is 2.02. The van der Waals surface area contributed by atoms with Crippen molar-refractivity contribution in [2.24, 2.45) is 0 Å². The van der Waals surface area contributed by atoms with Crippen LogP contribution in [0.3, 0.4) is 0 Å². The van der Waals surface area contributed by atoms with Gasteiger partial charge in [0.25, 0.3) is 0 Å². The molecule has 0 aliphatic carbocycles. The molecule has 3 saturated heterocycles. The van der Waals surface area contributed by atoms with Crippen LogP contribution in [0.1, 0.15) is 25.3 Å². The van der Waals surface area contributed by atoms with Crippen LogP contribution in [0, 0.1) is 0 Å². The molecule has 8 heteroatoms. The number of nitrogens with one attached hydrogen (secondary N) is 2. The number of anilines is 1. The minimum Gasteiger partial charge on any atom is -0.374 e. The maximum atomic E-state index is 12.3. The maximum Gasteiger partial charge on any atom is 0.328 e. The minimum atomic E-state index is -0.334. The molecule has 8 nitrogen and oxygen atoms in total. The molecule has 3 aliphatic heterocycles. The van der Waals surface area contributed by atoms with Crippen LogP contribution in [0.15, 0.2) is 30.5 Å². The summed E-state index contributed by atoms with van der Waals surface area (Å²) < 4.78 is 8.22. The van der Waals surface area contributed by atoms with Gasteiger partial charge in [-0.25, -0.2) is 4.79 Å². The van der Waals surface area contributed by atoms with Gasteiger partial charge < -0.3 is 19.5 Å². The fourth-order valence-corrected chi connectivity index (χ4v) is 4.93. The SMILES string of the molecule is O=C1CCN(c2cccc3c2ccn3C2CCN(C[C@H]3CNCCO3)CC2)C(=O)N1. The first-order valence-corrected chi connectivity index (χ1v) is 10.9. The Kier molecular flexibility index (Phi) is 5.45. The van der Waals surface area contributed by atoms with Crippen molar-refractivity contribution in [3.05, 3.63) is 30.5 Å². The van der Waals surface area contributed by atoms with Crippen LogP contribution in [0.4, 0.5) is 10.5 Å². The summed E-state index contributed by atoms with van der Waals surface area (Å²) in [6.07, 6.45) is 4.99. The third kappa shape index (κ3) is 3.82. The van der Waals surface area contributed by atoms with Crippen molar-refractivity contribution in [1.82, 2.24) is 20.1 Å². The predicted octanol–water partition coefficient (Wildman–Crippen LogP) is 1.71. The Labute approximate surface area is 176 Å². The summed E-state index contributed by atoms with van der Waals surface area (Å²) in [5.74, 6) is -0.206. The lowest BCUT2D eigenvalue weighted by Gasteiger charge is -2.36. The van der Waals surface area contributed by atoms with E-state index in [2.05, 4.69) is 38.4 Å². The zero-order chi connectivity index (χ0) is 20.5. The number of ether oxygens (including phenoxy) is 1. The molecule has 3 fully saturated rings. The molecule has 1 atom stereocenters. The number of urea groups is 1. The molecule has 3 amide bonds. The lowest BCUT2D eigenvalue weighted by Crippen LogP contribution is -2.49. The summed E-state index contributed by atoms with van der Waals surface area (Å²) in [4.78, 5) is 28.0. The van der Waals surface area contributed by atoms with E-state index in [0.29, 0.717) is 25.1 Å². The smallest absolute Gasteiger partial charge is 0.328 e. The summed E-state index contributed by atoms with van der Waals surface area (Å²) in [5, 5.41) is 6.89. The number of piperidine rings is 1. The number of morpholine rings is 1.